The minimum Gasteiger partial charge on any atom is -0.476 e. The van der Waals surface area contributed by atoms with Crippen molar-refractivity contribution in [2.45, 2.75) is 0 Å². The van der Waals surface area contributed by atoms with Crippen LogP contribution in [0.25, 0.3) is 5.82 Å². The van der Waals surface area contributed by atoms with Crippen LogP contribution in [0.4, 0.5) is 5.69 Å². The Hall–Kier alpha value is -3.02. The van der Waals surface area contributed by atoms with Crippen LogP contribution in [0.1, 0.15) is 5.82 Å². The molecular weight excluding hydrogens is 240 g/mol. The Morgan fingerprint density at radius 1 is 1.50 bits per heavy atom. The van der Waals surface area contributed by atoms with Gasteiger partial charge in [-0.3, -0.25) is 14.7 Å². The van der Waals surface area contributed by atoms with Gasteiger partial charge in [-0.05, 0) is 0 Å². The van der Waals surface area contributed by atoms with Crippen LogP contribution in [-0.2, 0) is 0 Å². The lowest BCUT2D eigenvalue weighted by Gasteiger charge is -2.05. The minimum atomic E-state index is -0.671. The number of aromatic nitrogens is 4. The Kier molecular flexibility index (Phi) is 2.84. The highest BCUT2D eigenvalue weighted by molar-refractivity contribution is 5.54. The molecule has 0 unspecified atom stereocenters. The fraction of sp³-hybridized carbons (Fsp3) is 0.111. The van der Waals surface area contributed by atoms with Crippen molar-refractivity contribution >= 4 is 5.69 Å². The average Bonchev–Trinajstić information content (AvgIpc) is 2.85. The van der Waals surface area contributed by atoms with Gasteiger partial charge in [-0.2, -0.15) is 10.2 Å². The first-order chi connectivity index (χ1) is 8.69. The van der Waals surface area contributed by atoms with Crippen LogP contribution in [-0.4, -0.2) is 31.6 Å². The number of hydrogen-bond acceptors (Lipinski definition) is 7. The summed E-state index contributed by atoms with van der Waals surface area (Å²) in [7, 11) is 1.26. The molecule has 0 bridgehead atoms. The Morgan fingerprint density at radius 3 is 2.89 bits per heavy atom. The fourth-order valence-corrected chi connectivity index (χ4v) is 1.40. The van der Waals surface area contributed by atoms with Gasteiger partial charge in [0.25, 0.3) is 5.88 Å². The molecule has 0 aliphatic heterocycles. The number of nitriles is 1. The summed E-state index contributed by atoms with van der Waals surface area (Å²) in [5.41, 5.74) is -0.422. The first-order valence-electron chi connectivity index (χ1n) is 4.66. The number of nitrogens with zero attached hydrogens (tertiary/aromatic N) is 6. The van der Waals surface area contributed by atoms with Gasteiger partial charge in [0.15, 0.2) is 0 Å². The summed E-state index contributed by atoms with van der Waals surface area (Å²) in [5.74, 6) is -0.262. The van der Waals surface area contributed by atoms with E-state index in [1.54, 1.807) is 6.07 Å². The van der Waals surface area contributed by atoms with Gasteiger partial charge in [-0.15, -0.1) is 0 Å². The van der Waals surface area contributed by atoms with Crippen LogP contribution >= 0.6 is 0 Å². The molecule has 90 valence electrons. The second-order valence-corrected chi connectivity index (χ2v) is 3.04. The summed E-state index contributed by atoms with van der Waals surface area (Å²) >= 11 is 0. The normalized spacial score (nSPS) is 9.78. The van der Waals surface area contributed by atoms with Crippen molar-refractivity contribution in [1.82, 2.24) is 19.5 Å². The van der Waals surface area contributed by atoms with E-state index in [0.717, 1.165) is 6.33 Å². The molecule has 2 aromatic rings. The lowest BCUT2D eigenvalue weighted by molar-refractivity contribution is -0.386. The largest absolute Gasteiger partial charge is 0.476 e. The van der Waals surface area contributed by atoms with Crippen LogP contribution in [0, 0.1) is 21.4 Å². The Labute approximate surface area is 100 Å². The number of hydrogen-bond donors (Lipinski definition) is 0. The van der Waals surface area contributed by atoms with Crippen LogP contribution in [0.5, 0.6) is 5.88 Å². The molecule has 0 saturated carbocycles. The van der Waals surface area contributed by atoms with Crippen molar-refractivity contribution in [1.29, 1.82) is 5.26 Å². The molecule has 0 N–H and O–H groups in total. The second kappa shape index (κ2) is 4.46. The Morgan fingerprint density at radius 2 is 2.28 bits per heavy atom. The Balaban J connectivity index is 2.72. The first kappa shape index (κ1) is 11.5. The third-order valence-corrected chi connectivity index (χ3v) is 2.11. The summed E-state index contributed by atoms with van der Waals surface area (Å²) in [4.78, 5) is 21.6. The molecule has 0 atom stereocenters. The maximum atomic E-state index is 11.0. The molecule has 0 radical (unpaired) electrons. The molecule has 0 fully saturated rings. The summed E-state index contributed by atoms with van der Waals surface area (Å²) in [5, 5.41) is 19.9. The third kappa shape index (κ3) is 1.71. The molecule has 0 spiro atoms. The lowest BCUT2D eigenvalue weighted by Crippen LogP contribution is -2.07. The van der Waals surface area contributed by atoms with Crippen LogP contribution in [0.2, 0.25) is 0 Å². The zero-order valence-corrected chi connectivity index (χ0v) is 9.14. The molecule has 9 heteroatoms. The summed E-state index contributed by atoms with van der Waals surface area (Å²) < 4.78 is 6.01. The van der Waals surface area contributed by atoms with Crippen molar-refractivity contribution < 1.29 is 9.66 Å². The highest BCUT2D eigenvalue weighted by atomic mass is 16.6. The number of nitro groups is 1. The second-order valence-electron chi connectivity index (χ2n) is 3.04. The van der Waals surface area contributed by atoms with E-state index in [0.29, 0.717) is 0 Å². The highest BCUT2D eigenvalue weighted by Crippen LogP contribution is 2.29. The average molecular weight is 246 g/mol. The van der Waals surface area contributed by atoms with Crippen LogP contribution < -0.4 is 4.74 Å². The van der Waals surface area contributed by atoms with Gasteiger partial charge < -0.3 is 4.74 Å². The summed E-state index contributed by atoms with van der Waals surface area (Å²) in [6, 6.07) is 1.81. The molecule has 18 heavy (non-hydrogen) atoms. The fourth-order valence-electron chi connectivity index (χ4n) is 1.40. The Bertz CT molecular complexity index is 644. The van der Waals surface area contributed by atoms with Crippen molar-refractivity contribution in [2.24, 2.45) is 0 Å². The zero-order chi connectivity index (χ0) is 13.1. The zero-order valence-electron chi connectivity index (χ0n) is 9.14. The van der Waals surface area contributed by atoms with E-state index in [4.69, 9.17) is 10.00 Å². The van der Waals surface area contributed by atoms with E-state index in [-0.39, 0.29) is 17.5 Å². The van der Waals surface area contributed by atoms with Gasteiger partial charge in [0.1, 0.15) is 12.4 Å². The monoisotopic (exact) mass is 246 g/mol. The molecule has 0 aromatic carbocycles. The van der Waals surface area contributed by atoms with Gasteiger partial charge in [0.05, 0.1) is 12.0 Å². The number of rotatable bonds is 3. The van der Waals surface area contributed by atoms with E-state index in [1.807, 2.05) is 0 Å². The van der Waals surface area contributed by atoms with E-state index in [9.17, 15) is 10.1 Å². The van der Waals surface area contributed by atoms with Gasteiger partial charge >= 0.3 is 5.69 Å². The maximum Gasteiger partial charge on any atom is 0.373 e. The van der Waals surface area contributed by atoms with Crippen LogP contribution in [0.3, 0.4) is 0 Å². The van der Waals surface area contributed by atoms with E-state index >= 15 is 0 Å². The van der Waals surface area contributed by atoms with Crippen molar-refractivity contribution in [2.75, 3.05) is 7.11 Å². The smallest absolute Gasteiger partial charge is 0.373 e. The highest BCUT2D eigenvalue weighted by Gasteiger charge is 2.26. The first-order valence-corrected chi connectivity index (χ1v) is 4.66. The van der Waals surface area contributed by atoms with Crippen molar-refractivity contribution in [3.05, 3.63) is 34.7 Å². The molecule has 2 heterocycles. The number of methoxy groups -OCH3 is 1. The molecule has 0 saturated heterocycles. The predicted octanol–water partition coefficient (Wildman–Crippen LogP) is 0.451. The molecule has 0 aliphatic rings. The van der Waals surface area contributed by atoms with Crippen molar-refractivity contribution in [3.8, 4) is 17.8 Å². The molecule has 9 nitrogen and oxygen atoms in total. The number of imidazole rings is 1. The van der Waals surface area contributed by atoms with Gasteiger partial charge in [-0.1, -0.05) is 0 Å². The topological polar surface area (TPSA) is 120 Å². The summed E-state index contributed by atoms with van der Waals surface area (Å²) in [6.45, 7) is 0. The van der Waals surface area contributed by atoms with E-state index in [2.05, 4.69) is 15.0 Å². The summed E-state index contributed by atoms with van der Waals surface area (Å²) in [6.07, 6.45) is 3.85. The quantitative estimate of drug-likeness (QED) is 0.569. The third-order valence-electron chi connectivity index (χ3n) is 2.11. The molecule has 0 aliphatic carbocycles. The predicted molar refractivity (Wildman–Crippen MR) is 57.1 cm³/mol. The van der Waals surface area contributed by atoms with Crippen LogP contribution in [0.15, 0.2) is 18.7 Å². The molecule has 2 rings (SSSR count). The van der Waals surface area contributed by atoms with E-state index < -0.39 is 10.6 Å². The van der Waals surface area contributed by atoms with Gasteiger partial charge in [-0.25, -0.2) is 9.97 Å². The molecule has 2 aromatic heterocycles. The SMILES string of the molecule is COc1ncnc(-n2ccnc2C#N)c1[N+](=O)[O-]. The lowest BCUT2D eigenvalue weighted by atomic mass is 10.4. The standard InChI is InChI=1S/C9H6N6O3/c1-18-9-7(15(16)17)8(12-5-13-9)14-3-2-11-6(14)4-10/h2-3,5H,1H3. The number of ether oxygens (including phenoxy) is 1. The molecule has 0 amide bonds. The van der Waals surface area contributed by atoms with Gasteiger partial charge in [0.2, 0.25) is 11.6 Å². The maximum absolute atomic E-state index is 11.0. The van der Waals surface area contributed by atoms with Crippen molar-refractivity contribution in [3.63, 3.8) is 0 Å². The molecular formula is C9H6N6O3. The minimum absolute atomic E-state index is 0.0150. The van der Waals surface area contributed by atoms with Gasteiger partial charge in [0, 0.05) is 12.4 Å². The van der Waals surface area contributed by atoms with E-state index in [1.165, 1.54) is 24.1 Å².